The molecule has 1 atom stereocenters. The minimum atomic E-state index is 0.199. The minimum absolute atomic E-state index is 0.199. The van der Waals surface area contributed by atoms with Crippen LogP contribution in [0.2, 0.25) is 5.02 Å². The lowest BCUT2D eigenvalue weighted by Crippen LogP contribution is -2.17. The van der Waals surface area contributed by atoms with Gasteiger partial charge in [0.2, 0.25) is 0 Å². The summed E-state index contributed by atoms with van der Waals surface area (Å²) >= 11 is 7.58. The number of benzene rings is 2. The number of nitrogens with zero attached hydrogens (tertiary/aromatic N) is 3. The predicted molar refractivity (Wildman–Crippen MR) is 124 cm³/mol. The highest BCUT2D eigenvalue weighted by atomic mass is 35.5. The molecule has 0 aliphatic carbocycles. The van der Waals surface area contributed by atoms with E-state index in [4.69, 9.17) is 21.1 Å². The molecule has 1 fully saturated rings. The van der Waals surface area contributed by atoms with Crippen LogP contribution >= 0.6 is 23.4 Å². The van der Waals surface area contributed by atoms with Crippen LogP contribution in [-0.4, -0.2) is 44.8 Å². The van der Waals surface area contributed by atoms with Crippen molar-refractivity contribution >= 4 is 34.3 Å². The lowest BCUT2D eigenvalue weighted by molar-refractivity contribution is 0.0953. The fourth-order valence-corrected chi connectivity index (χ4v) is 4.72. The summed E-state index contributed by atoms with van der Waals surface area (Å²) in [5, 5.41) is 11.8. The lowest BCUT2D eigenvalue weighted by atomic mass is 10.1. The van der Waals surface area contributed by atoms with Crippen molar-refractivity contribution in [2.24, 2.45) is 0 Å². The minimum Gasteiger partial charge on any atom is -0.493 e. The number of thioether (sulfide) groups is 1. The van der Waals surface area contributed by atoms with Gasteiger partial charge < -0.3 is 14.5 Å². The highest BCUT2D eigenvalue weighted by Crippen LogP contribution is 2.31. The molecule has 0 spiro atoms. The molecule has 1 saturated heterocycles. The molecule has 3 heterocycles. The van der Waals surface area contributed by atoms with Crippen LogP contribution in [0.15, 0.2) is 59.9 Å². The second-order valence-electron chi connectivity index (χ2n) is 7.45. The van der Waals surface area contributed by atoms with Crippen molar-refractivity contribution < 1.29 is 9.47 Å². The van der Waals surface area contributed by atoms with Gasteiger partial charge >= 0.3 is 0 Å². The summed E-state index contributed by atoms with van der Waals surface area (Å²) in [6.07, 6.45) is 4.38. The fraction of sp³-hybridized carbons (Fsp3) is 0.304. The number of nitrogens with one attached hydrogen (secondary N) is 1. The summed E-state index contributed by atoms with van der Waals surface area (Å²) in [6.45, 7) is 2.15. The molecular formula is C23H23ClN4O2S. The monoisotopic (exact) mass is 454 g/mol. The Morgan fingerprint density at radius 3 is 2.87 bits per heavy atom. The third-order valence-corrected chi connectivity index (χ3v) is 6.54. The molecule has 1 aliphatic rings. The van der Waals surface area contributed by atoms with Gasteiger partial charge in [0.15, 0.2) is 11.0 Å². The summed E-state index contributed by atoms with van der Waals surface area (Å²) in [5.41, 5.74) is 2.15. The standard InChI is InChI=1S/C23H23ClN4O2S/c24-16-7-9-17(10-8-16)30-12-13-31-23-27-26-22(28(23)15-18-4-3-11-29-18)20-14-25-21-6-2-1-5-19(20)21/h1-2,5-10,14,18,25H,3-4,11-13,15H2. The highest BCUT2D eigenvalue weighted by Gasteiger charge is 2.23. The first-order valence-corrected chi connectivity index (χ1v) is 11.8. The number of H-pyrrole nitrogens is 1. The first-order valence-electron chi connectivity index (χ1n) is 10.4. The molecule has 31 heavy (non-hydrogen) atoms. The van der Waals surface area contributed by atoms with Crippen LogP contribution in [0, 0.1) is 0 Å². The van der Waals surface area contributed by atoms with Gasteiger partial charge in [-0.05, 0) is 43.2 Å². The van der Waals surface area contributed by atoms with E-state index in [0.29, 0.717) is 11.6 Å². The predicted octanol–water partition coefficient (Wildman–Crippen LogP) is 5.43. The molecule has 1 aliphatic heterocycles. The van der Waals surface area contributed by atoms with Crippen molar-refractivity contribution in [3.05, 3.63) is 59.8 Å². The fourth-order valence-electron chi connectivity index (χ4n) is 3.83. The maximum Gasteiger partial charge on any atom is 0.191 e. The topological polar surface area (TPSA) is 65.0 Å². The van der Waals surface area contributed by atoms with Crippen molar-refractivity contribution in [2.75, 3.05) is 19.0 Å². The molecule has 1 unspecified atom stereocenters. The molecule has 2 aromatic heterocycles. The molecule has 2 aromatic carbocycles. The average Bonchev–Trinajstić information content (AvgIpc) is 3.53. The molecular weight excluding hydrogens is 432 g/mol. The number of ether oxygens (including phenoxy) is 2. The number of rotatable bonds is 8. The zero-order valence-corrected chi connectivity index (χ0v) is 18.5. The number of aromatic amines is 1. The van der Waals surface area contributed by atoms with Crippen LogP contribution in [0.4, 0.5) is 0 Å². The number of fused-ring (bicyclic) bond motifs is 1. The van der Waals surface area contributed by atoms with Crippen LogP contribution in [0.3, 0.4) is 0 Å². The van der Waals surface area contributed by atoms with Gasteiger partial charge in [-0.15, -0.1) is 10.2 Å². The van der Waals surface area contributed by atoms with Gasteiger partial charge in [-0.2, -0.15) is 0 Å². The normalized spacial score (nSPS) is 16.2. The van der Waals surface area contributed by atoms with E-state index in [2.05, 4.69) is 31.9 Å². The maximum absolute atomic E-state index is 5.93. The number of hydrogen-bond acceptors (Lipinski definition) is 5. The second-order valence-corrected chi connectivity index (χ2v) is 8.95. The van der Waals surface area contributed by atoms with E-state index in [1.54, 1.807) is 11.8 Å². The van der Waals surface area contributed by atoms with E-state index in [0.717, 1.165) is 64.9 Å². The van der Waals surface area contributed by atoms with Crippen LogP contribution in [0.1, 0.15) is 12.8 Å². The smallest absolute Gasteiger partial charge is 0.191 e. The average molecular weight is 455 g/mol. The number of para-hydroxylation sites is 1. The number of aromatic nitrogens is 4. The Kier molecular flexibility index (Phi) is 6.15. The Balaban J connectivity index is 1.34. The van der Waals surface area contributed by atoms with Gasteiger partial charge in [0.25, 0.3) is 0 Å². The zero-order valence-electron chi connectivity index (χ0n) is 17.0. The van der Waals surface area contributed by atoms with E-state index >= 15 is 0 Å². The Bertz CT molecular complexity index is 1150. The third-order valence-electron chi connectivity index (χ3n) is 5.35. The van der Waals surface area contributed by atoms with Gasteiger partial charge in [-0.1, -0.05) is 41.6 Å². The van der Waals surface area contributed by atoms with Crippen molar-refractivity contribution in [3.63, 3.8) is 0 Å². The molecule has 0 bridgehead atoms. The van der Waals surface area contributed by atoms with E-state index in [9.17, 15) is 0 Å². The Morgan fingerprint density at radius 1 is 1.16 bits per heavy atom. The molecule has 6 nitrogen and oxygen atoms in total. The third kappa shape index (κ3) is 4.59. The van der Waals surface area contributed by atoms with Gasteiger partial charge in [-0.25, -0.2) is 0 Å². The van der Waals surface area contributed by atoms with E-state index in [-0.39, 0.29) is 6.10 Å². The van der Waals surface area contributed by atoms with Crippen molar-refractivity contribution in [1.82, 2.24) is 19.7 Å². The van der Waals surface area contributed by atoms with E-state index in [1.807, 2.05) is 42.6 Å². The van der Waals surface area contributed by atoms with Crippen molar-refractivity contribution in [1.29, 1.82) is 0 Å². The second kappa shape index (κ2) is 9.34. The van der Waals surface area contributed by atoms with Crippen LogP contribution in [0.5, 0.6) is 5.75 Å². The lowest BCUT2D eigenvalue weighted by Gasteiger charge is -2.14. The van der Waals surface area contributed by atoms with Crippen LogP contribution in [0.25, 0.3) is 22.3 Å². The number of halogens is 1. The SMILES string of the molecule is Clc1ccc(OCCSc2nnc(-c3c[nH]c4ccccc34)n2CC2CCCO2)cc1. The molecule has 5 rings (SSSR count). The molecule has 8 heteroatoms. The Morgan fingerprint density at radius 2 is 2.03 bits per heavy atom. The largest absolute Gasteiger partial charge is 0.493 e. The molecule has 0 saturated carbocycles. The molecule has 1 N–H and O–H groups in total. The summed E-state index contributed by atoms with van der Waals surface area (Å²) in [6, 6.07) is 15.7. The summed E-state index contributed by atoms with van der Waals surface area (Å²) in [5.74, 6) is 2.44. The summed E-state index contributed by atoms with van der Waals surface area (Å²) in [7, 11) is 0. The highest BCUT2D eigenvalue weighted by molar-refractivity contribution is 7.99. The zero-order chi connectivity index (χ0) is 21.0. The Labute approximate surface area is 189 Å². The summed E-state index contributed by atoms with van der Waals surface area (Å²) in [4.78, 5) is 3.34. The molecule has 4 aromatic rings. The first kappa shape index (κ1) is 20.4. The van der Waals surface area contributed by atoms with E-state index < -0.39 is 0 Å². The first-order chi connectivity index (χ1) is 15.3. The van der Waals surface area contributed by atoms with Crippen molar-refractivity contribution in [3.8, 4) is 17.1 Å². The molecule has 0 radical (unpaired) electrons. The molecule has 160 valence electrons. The van der Waals surface area contributed by atoms with Crippen LogP contribution < -0.4 is 4.74 Å². The molecule has 0 amide bonds. The van der Waals surface area contributed by atoms with Crippen molar-refractivity contribution in [2.45, 2.75) is 30.6 Å². The van der Waals surface area contributed by atoms with Gasteiger partial charge in [0, 0.05) is 40.0 Å². The van der Waals surface area contributed by atoms with Crippen LogP contribution in [-0.2, 0) is 11.3 Å². The van der Waals surface area contributed by atoms with Gasteiger partial charge in [-0.3, -0.25) is 4.57 Å². The Hall–Kier alpha value is -2.48. The number of hydrogen-bond donors (Lipinski definition) is 1. The maximum atomic E-state index is 5.93. The van der Waals surface area contributed by atoms with E-state index in [1.165, 1.54) is 0 Å². The summed E-state index contributed by atoms with van der Waals surface area (Å²) < 4.78 is 13.9. The quantitative estimate of drug-likeness (QED) is 0.284. The van der Waals surface area contributed by atoms with Gasteiger partial charge in [0.1, 0.15) is 5.75 Å². The van der Waals surface area contributed by atoms with Gasteiger partial charge in [0.05, 0.1) is 19.3 Å².